The van der Waals surface area contributed by atoms with Crippen molar-refractivity contribution in [2.75, 3.05) is 19.0 Å². The van der Waals surface area contributed by atoms with Crippen molar-refractivity contribution in [3.8, 4) is 0 Å². The fourth-order valence-corrected chi connectivity index (χ4v) is 3.01. The largest absolute Gasteiger partial charge is 0.376 e. The van der Waals surface area contributed by atoms with E-state index in [1.165, 1.54) is 22.1 Å². The Hall–Kier alpha value is -1.47. The van der Waals surface area contributed by atoms with Crippen molar-refractivity contribution in [3.63, 3.8) is 0 Å². The van der Waals surface area contributed by atoms with Crippen molar-refractivity contribution in [1.29, 1.82) is 0 Å². The molecule has 7 heteroatoms. The molecule has 0 saturated heterocycles. The molecule has 0 unspecified atom stereocenters. The van der Waals surface area contributed by atoms with Crippen LogP contribution < -0.4 is 10.5 Å². The fourth-order valence-electron chi connectivity index (χ4n) is 1.49. The number of thiophene rings is 1. The van der Waals surface area contributed by atoms with E-state index in [1.807, 2.05) is 25.5 Å². The molecule has 2 heterocycles. The Morgan fingerprint density at radius 1 is 1.53 bits per heavy atom. The third-order valence-electron chi connectivity index (χ3n) is 2.54. The molecule has 0 radical (unpaired) electrons. The molecule has 2 aromatic rings. The van der Waals surface area contributed by atoms with Crippen LogP contribution in [-0.2, 0) is 6.54 Å². The molecule has 0 bridgehead atoms. The lowest BCUT2D eigenvalue weighted by molar-refractivity contribution is 0.0969. The van der Waals surface area contributed by atoms with Gasteiger partial charge in [-0.15, -0.1) is 11.3 Å². The van der Waals surface area contributed by atoms with Crippen molar-refractivity contribution < 1.29 is 4.79 Å². The summed E-state index contributed by atoms with van der Waals surface area (Å²) in [5.41, 5.74) is 0.429. The second kappa shape index (κ2) is 5.66. The summed E-state index contributed by atoms with van der Waals surface area (Å²) in [6.07, 6.45) is 1.57. The van der Waals surface area contributed by atoms with E-state index in [9.17, 15) is 9.59 Å². The Kier molecular flexibility index (Phi) is 4.16. The molecule has 5 nitrogen and oxygen atoms in total. The van der Waals surface area contributed by atoms with Gasteiger partial charge in [0.15, 0.2) is 5.78 Å². The van der Waals surface area contributed by atoms with Crippen LogP contribution in [-0.4, -0.2) is 29.7 Å². The van der Waals surface area contributed by atoms with Gasteiger partial charge in [-0.05, 0) is 27.4 Å². The number of halogens is 1. The lowest BCUT2D eigenvalue weighted by Gasteiger charge is -2.12. The Balaban J connectivity index is 2.23. The predicted octanol–water partition coefficient (Wildman–Crippen LogP) is 2.02. The van der Waals surface area contributed by atoms with Crippen molar-refractivity contribution in [1.82, 2.24) is 9.78 Å². The van der Waals surface area contributed by atoms with Gasteiger partial charge in [0.05, 0.1) is 16.8 Å². The van der Waals surface area contributed by atoms with Gasteiger partial charge in [0, 0.05) is 24.6 Å². The number of carbonyl (C=O) groups is 1. The number of ketones is 1. The monoisotopic (exact) mass is 341 g/mol. The zero-order chi connectivity index (χ0) is 14.0. The van der Waals surface area contributed by atoms with Gasteiger partial charge in [-0.2, -0.15) is 5.10 Å². The minimum absolute atomic E-state index is 0.0499. The standard InChI is InChI=1S/C12H12BrN3O2S/c1-15(2)8-5-11(18)16(14-6-8)7-10(17)12-9(13)3-4-19-12/h3-6H,7H2,1-2H3. The minimum Gasteiger partial charge on any atom is -0.376 e. The van der Waals surface area contributed by atoms with Gasteiger partial charge in [-0.1, -0.05) is 0 Å². The molecule has 0 N–H and O–H groups in total. The van der Waals surface area contributed by atoms with Gasteiger partial charge in [0.1, 0.15) is 6.54 Å². The van der Waals surface area contributed by atoms with E-state index in [4.69, 9.17) is 0 Å². The lowest BCUT2D eigenvalue weighted by atomic mass is 10.3. The summed E-state index contributed by atoms with van der Waals surface area (Å²) in [6.45, 7) is -0.0499. The molecule has 100 valence electrons. The highest BCUT2D eigenvalue weighted by Gasteiger charge is 2.13. The summed E-state index contributed by atoms with van der Waals surface area (Å²) < 4.78 is 1.92. The van der Waals surface area contributed by atoms with Crippen LogP contribution in [0.1, 0.15) is 9.67 Å². The second-order valence-corrected chi connectivity index (χ2v) is 5.90. The number of rotatable bonds is 4. The molecule has 2 aromatic heterocycles. The molecule has 2 rings (SSSR count). The third-order valence-corrected chi connectivity index (χ3v) is 4.41. The first-order valence-corrected chi connectivity index (χ1v) is 7.17. The average Bonchev–Trinajstić information content (AvgIpc) is 2.77. The van der Waals surface area contributed by atoms with Gasteiger partial charge in [-0.3, -0.25) is 9.59 Å². The zero-order valence-electron chi connectivity index (χ0n) is 10.5. The number of hydrogen-bond acceptors (Lipinski definition) is 5. The summed E-state index contributed by atoms with van der Waals surface area (Å²) in [7, 11) is 3.66. The van der Waals surface area contributed by atoms with Crippen LogP contribution in [0.4, 0.5) is 5.69 Å². The molecule has 0 aliphatic heterocycles. The molecular weight excluding hydrogens is 330 g/mol. The highest BCUT2D eigenvalue weighted by Crippen LogP contribution is 2.23. The fraction of sp³-hybridized carbons (Fsp3) is 0.250. The molecule has 0 aromatic carbocycles. The van der Waals surface area contributed by atoms with E-state index in [2.05, 4.69) is 21.0 Å². The molecular formula is C12H12BrN3O2S. The molecule has 0 aliphatic carbocycles. The van der Waals surface area contributed by atoms with Gasteiger partial charge >= 0.3 is 0 Å². The number of nitrogens with zero attached hydrogens (tertiary/aromatic N) is 3. The molecule has 0 aliphatic rings. The highest BCUT2D eigenvalue weighted by molar-refractivity contribution is 9.10. The average molecular weight is 342 g/mol. The Morgan fingerprint density at radius 3 is 2.79 bits per heavy atom. The number of aromatic nitrogens is 2. The predicted molar refractivity (Wildman–Crippen MR) is 79.2 cm³/mol. The third kappa shape index (κ3) is 3.10. The Bertz CT molecular complexity index is 663. The SMILES string of the molecule is CN(C)c1cnn(CC(=O)c2sccc2Br)c(=O)c1. The molecule has 19 heavy (non-hydrogen) atoms. The summed E-state index contributed by atoms with van der Waals surface area (Å²) in [4.78, 5) is 26.3. The summed E-state index contributed by atoms with van der Waals surface area (Å²) in [5, 5.41) is 5.83. The Morgan fingerprint density at radius 2 is 2.26 bits per heavy atom. The van der Waals surface area contributed by atoms with Crippen LogP contribution in [0.25, 0.3) is 0 Å². The summed E-state index contributed by atoms with van der Waals surface area (Å²) in [6, 6.07) is 3.27. The maximum Gasteiger partial charge on any atom is 0.269 e. The number of hydrogen-bond donors (Lipinski definition) is 0. The smallest absolute Gasteiger partial charge is 0.269 e. The van der Waals surface area contributed by atoms with E-state index in [0.717, 1.165) is 4.47 Å². The molecule has 0 atom stereocenters. The van der Waals surface area contributed by atoms with Gasteiger partial charge < -0.3 is 4.90 Å². The quantitative estimate of drug-likeness (QED) is 0.798. The molecule has 0 saturated carbocycles. The summed E-state index contributed by atoms with van der Waals surface area (Å²) in [5.74, 6) is -0.130. The number of anilines is 1. The molecule has 0 amide bonds. The number of carbonyl (C=O) groups excluding carboxylic acids is 1. The maximum absolute atomic E-state index is 12.0. The van der Waals surface area contributed by atoms with Gasteiger partial charge in [0.2, 0.25) is 0 Å². The van der Waals surface area contributed by atoms with Crippen molar-refractivity contribution >= 4 is 38.7 Å². The van der Waals surface area contributed by atoms with Gasteiger partial charge in [-0.25, -0.2) is 4.68 Å². The molecule has 0 fully saturated rings. The highest BCUT2D eigenvalue weighted by atomic mass is 79.9. The number of Topliss-reactive ketones (excluding diaryl/α,β-unsaturated/α-hetero) is 1. The van der Waals surface area contributed by atoms with E-state index >= 15 is 0 Å². The van der Waals surface area contributed by atoms with Crippen molar-refractivity contribution in [3.05, 3.63) is 43.4 Å². The minimum atomic E-state index is -0.285. The van der Waals surface area contributed by atoms with Crippen LogP contribution in [0, 0.1) is 0 Å². The van der Waals surface area contributed by atoms with Crippen molar-refractivity contribution in [2.24, 2.45) is 0 Å². The van der Waals surface area contributed by atoms with Crippen molar-refractivity contribution in [2.45, 2.75) is 6.54 Å². The first-order chi connectivity index (χ1) is 8.99. The van der Waals surface area contributed by atoms with Crippen LogP contribution in [0.5, 0.6) is 0 Å². The van der Waals surface area contributed by atoms with Crippen LogP contribution in [0.2, 0.25) is 0 Å². The Labute approximate surface area is 122 Å². The van der Waals surface area contributed by atoms with E-state index in [0.29, 0.717) is 10.6 Å². The second-order valence-electron chi connectivity index (χ2n) is 4.12. The van der Waals surface area contributed by atoms with Crippen LogP contribution in [0.15, 0.2) is 33.0 Å². The first kappa shape index (κ1) is 14.0. The van der Waals surface area contributed by atoms with Crippen LogP contribution in [0.3, 0.4) is 0 Å². The summed E-state index contributed by atoms with van der Waals surface area (Å²) >= 11 is 4.65. The van der Waals surface area contributed by atoms with Crippen LogP contribution >= 0.6 is 27.3 Å². The zero-order valence-corrected chi connectivity index (χ0v) is 12.9. The van der Waals surface area contributed by atoms with E-state index < -0.39 is 0 Å². The van der Waals surface area contributed by atoms with E-state index in [-0.39, 0.29) is 17.9 Å². The first-order valence-electron chi connectivity index (χ1n) is 5.49. The lowest BCUT2D eigenvalue weighted by Crippen LogP contribution is -2.27. The van der Waals surface area contributed by atoms with E-state index in [1.54, 1.807) is 11.1 Å². The normalized spacial score (nSPS) is 10.5. The maximum atomic E-state index is 12.0. The van der Waals surface area contributed by atoms with Gasteiger partial charge in [0.25, 0.3) is 5.56 Å². The molecule has 0 spiro atoms. The topological polar surface area (TPSA) is 55.2 Å².